The molecule has 0 saturated heterocycles. The van der Waals surface area contributed by atoms with Crippen LogP contribution in [0.2, 0.25) is 0 Å². The molecule has 1 aromatic rings. The molecule has 0 atom stereocenters. The molecule has 1 heterocycles. The number of anilines is 1. The number of hydrogen-bond acceptors (Lipinski definition) is 4. The van der Waals surface area contributed by atoms with Gasteiger partial charge in [0.05, 0.1) is 11.4 Å². The second-order valence-electron chi connectivity index (χ2n) is 2.28. The number of hydrazine groups is 2. The number of benzene rings is 1. The normalized spacial score (nSPS) is 14.1. The van der Waals surface area contributed by atoms with E-state index in [1.165, 1.54) is 11.5 Å². The highest BCUT2D eigenvalue weighted by atomic mass is 15.7. The third-order valence-electron chi connectivity index (χ3n) is 1.47. The molecule has 11 heavy (non-hydrogen) atoms. The molecule has 56 valence electrons. The Balaban J connectivity index is 2.46. The van der Waals surface area contributed by atoms with Gasteiger partial charge in [-0.25, -0.2) is 16.0 Å². The first-order valence-electron chi connectivity index (χ1n) is 3.30. The number of aliphatic imine (C=N–C) groups is 1. The van der Waals surface area contributed by atoms with Crippen LogP contribution < -0.4 is 11.3 Å². The summed E-state index contributed by atoms with van der Waals surface area (Å²) in [6.45, 7) is 0. The van der Waals surface area contributed by atoms with Gasteiger partial charge in [0.15, 0.2) is 0 Å². The van der Waals surface area contributed by atoms with Crippen LogP contribution in [0, 0.1) is 0 Å². The lowest BCUT2D eigenvalue weighted by molar-refractivity contribution is 0.540. The van der Waals surface area contributed by atoms with Crippen LogP contribution in [0.5, 0.6) is 0 Å². The minimum atomic E-state index is 0.911. The number of rotatable bonds is 0. The fourth-order valence-corrected chi connectivity index (χ4v) is 0.973. The molecule has 0 unspecified atom stereocenters. The highest BCUT2D eigenvalue weighted by Gasteiger charge is 2.04. The first kappa shape index (κ1) is 6.18. The van der Waals surface area contributed by atoms with Gasteiger partial charge in [0.1, 0.15) is 6.34 Å². The van der Waals surface area contributed by atoms with Gasteiger partial charge in [-0.2, -0.15) is 0 Å². The van der Waals surface area contributed by atoms with Crippen molar-refractivity contribution >= 4 is 17.7 Å². The van der Waals surface area contributed by atoms with Crippen molar-refractivity contribution in [3.05, 3.63) is 24.3 Å². The number of hydrogen-bond donors (Lipinski definition) is 2. The zero-order chi connectivity index (χ0) is 7.68. The highest BCUT2D eigenvalue weighted by Crippen LogP contribution is 2.25. The molecule has 0 spiro atoms. The van der Waals surface area contributed by atoms with Crippen LogP contribution in [0.4, 0.5) is 11.4 Å². The molecule has 1 aliphatic rings. The summed E-state index contributed by atoms with van der Waals surface area (Å²) in [5.74, 6) is 5.42. The number of nitrogens with zero attached hydrogens (tertiary/aromatic N) is 2. The molecule has 2 rings (SSSR count). The lowest BCUT2D eigenvalue weighted by Gasteiger charge is -2.20. The van der Waals surface area contributed by atoms with Crippen LogP contribution in [0.25, 0.3) is 0 Å². The largest absolute Gasteiger partial charge is 0.281 e. The van der Waals surface area contributed by atoms with Gasteiger partial charge in [0, 0.05) is 0 Å². The van der Waals surface area contributed by atoms with Crippen LogP contribution in [0.15, 0.2) is 29.3 Å². The lowest BCUT2D eigenvalue weighted by Crippen LogP contribution is -2.36. The predicted molar refractivity (Wildman–Crippen MR) is 44.2 cm³/mol. The summed E-state index contributed by atoms with van der Waals surface area (Å²) >= 11 is 0. The molecule has 0 bridgehead atoms. The first-order chi connectivity index (χ1) is 5.36. The molecule has 0 radical (unpaired) electrons. The van der Waals surface area contributed by atoms with Crippen molar-refractivity contribution < 1.29 is 0 Å². The Morgan fingerprint density at radius 1 is 1.36 bits per heavy atom. The van der Waals surface area contributed by atoms with E-state index in [0.29, 0.717) is 0 Å². The van der Waals surface area contributed by atoms with Gasteiger partial charge < -0.3 is 0 Å². The number of nitrogens with two attached hydrogens (primary N) is 1. The fraction of sp³-hybridized carbons (Fsp3) is 0. The van der Waals surface area contributed by atoms with E-state index >= 15 is 0 Å². The van der Waals surface area contributed by atoms with Gasteiger partial charge in [0.2, 0.25) is 0 Å². The maximum Gasteiger partial charge on any atom is 0.128 e. The van der Waals surface area contributed by atoms with Crippen LogP contribution >= 0.6 is 0 Å². The quantitative estimate of drug-likeness (QED) is 0.536. The fourth-order valence-electron chi connectivity index (χ4n) is 0.973. The molecule has 0 saturated carbocycles. The van der Waals surface area contributed by atoms with E-state index in [4.69, 9.17) is 5.84 Å². The van der Waals surface area contributed by atoms with Crippen molar-refractivity contribution in [3.63, 3.8) is 0 Å². The van der Waals surface area contributed by atoms with E-state index in [-0.39, 0.29) is 0 Å². The molecule has 0 fully saturated rings. The number of para-hydroxylation sites is 2. The maximum atomic E-state index is 5.42. The number of fused-ring (bicyclic) bond motifs is 1. The zero-order valence-corrected chi connectivity index (χ0v) is 5.86. The van der Waals surface area contributed by atoms with E-state index in [2.05, 4.69) is 10.4 Å². The SMILES string of the molecule is NN1C=Nc2ccccc2N1. The van der Waals surface area contributed by atoms with Gasteiger partial charge in [-0.1, -0.05) is 12.1 Å². The summed E-state index contributed by atoms with van der Waals surface area (Å²) < 4.78 is 0. The van der Waals surface area contributed by atoms with E-state index in [1.54, 1.807) is 0 Å². The third-order valence-corrected chi connectivity index (χ3v) is 1.47. The lowest BCUT2D eigenvalue weighted by atomic mass is 10.3. The molecule has 1 aliphatic heterocycles. The minimum Gasteiger partial charge on any atom is -0.281 e. The van der Waals surface area contributed by atoms with Gasteiger partial charge in [-0.15, -0.1) is 0 Å². The van der Waals surface area contributed by atoms with Crippen molar-refractivity contribution in [1.29, 1.82) is 0 Å². The Bertz CT molecular complexity index is 294. The summed E-state index contributed by atoms with van der Waals surface area (Å²) in [5.41, 5.74) is 4.76. The molecule has 1 aromatic carbocycles. The zero-order valence-electron chi connectivity index (χ0n) is 5.86. The molecular formula is C7H8N4. The summed E-state index contributed by atoms with van der Waals surface area (Å²) in [7, 11) is 0. The van der Waals surface area contributed by atoms with E-state index in [1.807, 2.05) is 24.3 Å². The van der Waals surface area contributed by atoms with Crippen molar-refractivity contribution in [3.8, 4) is 0 Å². The van der Waals surface area contributed by atoms with Crippen molar-refractivity contribution in [2.75, 3.05) is 5.43 Å². The van der Waals surface area contributed by atoms with Gasteiger partial charge in [0.25, 0.3) is 0 Å². The van der Waals surface area contributed by atoms with Gasteiger partial charge in [-0.05, 0) is 12.1 Å². The Morgan fingerprint density at radius 3 is 3.09 bits per heavy atom. The third kappa shape index (κ3) is 1.03. The second-order valence-corrected chi connectivity index (χ2v) is 2.28. The van der Waals surface area contributed by atoms with Gasteiger partial charge in [-0.3, -0.25) is 5.43 Å². The van der Waals surface area contributed by atoms with E-state index in [0.717, 1.165) is 11.4 Å². The Kier molecular flexibility index (Phi) is 1.26. The average molecular weight is 148 g/mol. The van der Waals surface area contributed by atoms with Gasteiger partial charge >= 0.3 is 0 Å². The van der Waals surface area contributed by atoms with Crippen LogP contribution in [-0.4, -0.2) is 11.5 Å². The summed E-state index contributed by atoms with van der Waals surface area (Å²) in [6.07, 6.45) is 1.53. The summed E-state index contributed by atoms with van der Waals surface area (Å²) in [6, 6.07) is 7.71. The molecule has 4 heteroatoms. The topological polar surface area (TPSA) is 53.6 Å². The highest BCUT2D eigenvalue weighted by molar-refractivity contribution is 5.76. The van der Waals surface area contributed by atoms with Crippen molar-refractivity contribution in [2.24, 2.45) is 10.8 Å². The minimum absolute atomic E-state index is 0.911. The van der Waals surface area contributed by atoms with Crippen molar-refractivity contribution in [1.82, 2.24) is 5.12 Å². The second kappa shape index (κ2) is 2.25. The number of nitrogens with one attached hydrogen (secondary N) is 1. The Labute approximate surface area is 64.3 Å². The average Bonchev–Trinajstić information content (AvgIpc) is 2.04. The first-order valence-corrected chi connectivity index (χ1v) is 3.30. The molecule has 4 nitrogen and oxygen atoms in total. The van der Waals surface area contributed by atoms with E-state index in [9.17, 15) is 0 Å². The van der Waals surface area contributed by atoms with Crippen LogP contribution in [0.1, 0.15) is 0 Å². The maximum absolute atomic E-state index is 5.42. The summed E-state index contributed by atoms with van der Waals surface area (Å²) in [5, 5.41) is 1.32. The molecular weight excluding hydrogens is 140 g/mol. The van der Waals surface area contributed by atoms with Crippen LogP contribution in [-0.2, 0) is 0 Å². The monoisotopic (exact) mass is 148 g/mol. The standard InChI is InChI=1S/C7H8N4/c8-11-5-9-6-3-1-2-4-7(6)10-11/h1-5,10H,8H2. The Morgan fingerprint density at radius 2 is 2.18 bits per heavy atom. The Hall–Kier alpha value is -1.55. The predicted octanol–water partition coefficient (Wildman–Crippen LogP) is 0.863. The molecule has 0 aromatic heterocycles. The van der Waals surface area contributed by atoms with E-state index < -0.39 is 0 Å². The molecule has 0 aliphatic carbocycles. The molecule has 3 N–H and O–H groups in total. The smallest absolute Gasteiger partial charge is 0.128 e. The van der Waals surface area contributed by atoms with Crippen LogP contribution in [0.3, 0.4) is 0 Å². The van der Waals surface area contributed by atoms with Crippen molar-refractivity contribution in [2.45, 2.75) is 0 Å². The molecule has 0 amide bonds. The summed E-state index contributed by atoms with van der Waals surface area (Å²) in [4.78, 5) is 4.09.